The lowest BCUT2D eigenvalue weighted by Crippen LogP contribution is -2.32. The topological polar surface area (TPSA) is 72.4 Å². The van der Waals surface area contributed by atoms with Crippen LogP contribution < -0.4 is 0 Å². The molecule has 1 aromatic carbocycles. The molecule has 0 atom stereocenters. The number of carbonyl (C=O) groups is 1. The first kappa shape index (κ1) is 15.0. The summed E-state index contributed by atoms with van der Waals surface area (Å²) in [6.45, 7) is 0.269. The van der Waals surface area contributed by atoms with Gasteiger partial charge < -0.3 is 13.7 Å². The number of hydrogen-bond donors (Lipinski definition) is 0. The monoisotopic (exact) mass is 343 g/mol. The third kappa shape index (κ3) is 3.05. The molecule has 3 aromatic rings. The van der Waals surface area contributed by atoms with Crippen molar-refractivity contribution in [3.8, 4) is 11.5 Å². The summed E-state index contributed by atoms with van der Waals surface area (Å²) < 4.78 is 10.9. The highest BCUT2D eigenvalue weighted by molar-refractivity contribution is 6.30. The largest absolute Gasteiger partial charge is 0.459 e. The van der Waals surface area contributed by atoms with Gasteiger partial charge in [-0.05, 0) is 49.2 Å². The first-order chi connectivity index (χ1) is 11.7. The van der Waals surface area contributed by atoms with Gasteiger partial charge in [0.25, 0.3) is 5.91 Å². The molecule has 0 radical (unpaired) electrons. The van der Waals surface area contributed by atoms with Gasteiger partial charge in [0.1, 0.15) is 0 Å². The maximum Gasteiger partial charge on any atom is 0.290 e. The molecule has 1 fully saturated rings. The van der Waals surface area contributed by atoms with Crippen LogP contribution >= 0.6 is 11.6 Å². The van der Waals surface area contributed by atoms with Gasteiger partial charge in [-0.25, -0.2) is 0 Å². The van der Waals surface area contributed by atoms with Crippen LogP contribution in [0.5, 0.6) is 0 Å². The second kappa shape index (κ2) is 6.13. The predicted octanol–water partition coefficient (Wildman–Crippen LogP) is 3.79. The summed E-state index contributed by atoms with van der Waals surface area (Å²) in [7, 11) is 0. The molecule has 7 heteroatoms. The molecule has 1 aliphatic rings. The van der Waals surface area contributed by atoms with Gasteiger partial charge in [0, 0.05) is 16.6 Å². The molecule has 0 aliphatic heterocycles. The van der Waals surface area contributed by atoms with E-state index in [2.05, 4.69) is 10.2 Å². The Morgan fingerprint density at radius 1 is 1.21 bits per heavy atom. The number of amides is 1. The zero-order valence-corrected chi connectivity index (χ0v) is 13.4. The molecular weight excluding hydrogens is 330 g/mol. The highest BCUT2D eigenvalue weighted by Gasteiger charge is 2.35. The van der Waals surface area contributed by atoms with Crippen LogP contribution in [0.1, 0.15) is 29.3 Å². The highest BCUT2D eigenvalue weighted by Crippen LogP contribution is 2.30. The second-order valence-corrected chi connectivity index (χ2v) is 6.09. The minimum atomic E-state index is -0.159. The Bertz CT molecular complexity index is 838. The van der Waals surface area contributed by atoms with Crippen molar-refractivity contribution < 1.29 is 13.6 Å². The predicted molar refractivity (Wildman–Crippen MR) is 86.3 cm³/mol. The fourth-order valence-electron chi connectivity index (χ4n) is 2.47. The molecule has 0 unspecified atom stereocenters. The summed E-state index contributed by atoms with van der Waals surface area (Å²) in [6.07, 6.45) is 3.44. The minimum Gasteiger partial charge on any atom is -0.459 e. The summed E-state index contributed by atoms with van der Waals surface area (Å²) in [4.78, 5) is 14.3. The Balaban J connectivity index is 1.53. The van der Waals surface area contributed by atoms with Gasteiger partial charge in [0.2, 0.25) is 11.8 Å². The fourth-order valence-corrected chi connectivity index (χ4v) is 2.59. The lowest BCUT2D eigenvalue weighted by molar-refractivity contribution is 0.0682. The highest BCUT2D eigenvalue weighted by atomic mass is 35.5. The van der Waals surface area contributed by atoms with Gasteiger partial charge in [-0.1, -0.05) is 11.6 Å². The molecule has 2 aromatic heterocycles. The Morgan fingerprint density at radius 2 is 2.00 bits per heavy atom. The molecule has 0 bridgehead atoms. The average Bonchev–Trinajstić information content (AvgIpc) is 3.10. The number of nitrogens with zero attached hydrogens (tertiary/aromatic N) is 3. The smallest absolute Gasteiger partial charge is 0.290 e. The van der Waals surface area contributed by atoms with E-state index in [1.807, 2.05) is 12.1 Å². The summed E-state index contributed by atoms with van der Waals surface area (Å²) in [5, 5.41) is 8.75. The van der Waals surface area contributed by atoms with E-state index in [9.17, 15) is 4.79 Å². The van der Waals surface area contributed by atoms with Crippen LogP contribution in [0.25, 0.3) is 11.5 Å². The molecule has 1 aliphatic carbocycles. The van der Waals surface area contributed by atoms with Crippen molar-refractivity contribution in [3.05, 3.63) is 59.3 Å². The average molecular weight is 344 g/mol. The quantitative estimate of drug-likeness (QED) is 0.704. The van der Waals surface area contributed by atoms with Crippen LogP contribution in [0.15, 0.2) is 51.5 Å². The Morgan fingerprint density at radius 3 is 2.67 bits per heavy atom. The van der Waals surface area contributed by atoms with Crippen LogP contribution in [-0.4, -0.2) is 27.0 Å². The van der Waals surface area contributed by atoms with Gasteiger partial charge in [0.15, 0.2) is 5.76 Å². The summed E-state index contributed by atoms with van der Waals surface area (Å²) in [5.41, 5.74) is 0.786. The van der Waals surface area contributed by atoms with E-state index in [-0.39, 0.29) is 18.5 Å². The lowest BCUT2D eigenvalue weighted by Gasteiger charge is -2.18. The first-order valence-electron chi connectivity index (χ1n) is 7.63. The number of aromatic nitrogens is 2. The molecule has 0 N–H and O–H groups in total. The lowest BCUT2D eigenvalue weighted by atomic mass is 10.2. The normalized spacial score (nSPS) is 13.9. The van der Waals surface area contributed by atoms with Crippen LogP contribution in [0, 0.1) is 0 Å². The number of halogens is 1. The fraction of sp³-hybridized carbons (Fsp3) is 0.235. The molecule has 122 valence electrons. The number of rotatable bonds is 5. The number of hydrogen-bond acceptors (Lipinski definition) is 5. The van der Waals surface area contributed by atoms with Crippen molar-refractivity contribution in [2.24, 2.45) is 0 Å². The molecular formula is C17H14ClN3O3. The van der Waals surface area contributed by atoms with E-state index >= 15 is 0 Å². The van der Waals surface area contributed by atoms with Crippen LogP contribution in [0.2, 0.25) is 5.02 Å². The first-order valence-corrected chi connectivity index (χ1v) is 8.01. The summed E-state index contributed by atoms with van der Waals surface area (Å²) in [5.74, 6) is 0.961. The Labute approximate surface area is 143 Å². The zero-order chi connectivity index (χ0) is 16.5. The number of carbonyl (C=O) groups excluding carboxylic acids is 1. The van der Waals surface area contributed by atoms with Crippen molar-refractivity contribution in [3.63, 3.8) is 0 Å². The number of benzene rings is 1. The van der Waals surface area contributed by atoms with Gasteiger partial charge in [0.05, 0.1) is 12.8 Å². The second-order valence-electron chi connectivity index (χ2n) is 5.65. The third-order valence-corrected chi connectivity index (χ3v) is 4.10. The minimum absolute atomic E-state index is 0.159. The van der Waals surface area contributed by atoms with E-state index in [0.29, 0.717) is 22.6 Å². The van der Waals surface area contributed by atoms with E-state index in [0.717, 1.165) is 18.4 Å². The van der Waals surface area contributed by atoms with Crippen molar-refractivity contribution in [2.45, 2.75) is 25.4 Å². The standard InChI is InChI=1S/C17H14ClN3O3/c18-12-5-3-11(4-6-12)16-20-19-15(24-16)10-21(13-7-8-13)17(22)14-2-1-9-23-14/h1-6,9,13H,7-8,10H2. The van der Waals surface area contributed by atoms with Gasteiger partial charge >= 0.3 is 0 Å². The van der Waals surface area contributed by atoms with Gasteiger partial charge in [-0.2, -0.15) is 0 Å². The third-order valence-electron chi connectivity index (χ3n) is 3.84. The van der Waals surface area contributed by atoms with Gasteiger partial charge in [-0.15, -0.1) is 10.2 Å². The van der Waals surface area contributed by atoms with Crippen molar-refractivity contribution in [1.82, 2.24) is 15.1 Å². The molecule has 24 heavy (non-hydrogen) atoms. The van der Waals surface area contributed by atoms with E-state index in [1.165, 1.54) is 6.26 Å². The maximum atomic E-state index is 12.5. The van der Waals surface area contributed by atoms with E-state index in [4.69, 9.17) is 20.4 Å². The Kier molecular flexibility index (Phi) is 3.82. The maximum absolute atomic E-state index is 12.5. The summed E-state index contributed by atoms with van der Waals surface area (Å²) >= 11 is 5.88. The van der Waals surface area contributed by atoms with E-state index < -0.39 is 0 Å². The van der Waals surface area contributed by atoms with Gasteiger partial charge in [-0.3, -0.25) is 4.79 Å². The number of furan rings is 1. The molecule has 1 amide bonds. The SMILES string of the molecule is O=C(c1ccco1)N(Cc1nnc(-c2ccc(Cl)cc2)o1)C1CC1. The van der Waals surface area contributed by atoms with E-state index in [1.54, 1.807) is 29.2 Å². The van der Waals surface area contributed by atoms with Crippen LogP contribution in [0.3, 0.4) is 0 Å². The molecule has 2 heterocycles. The van der Waals surface area contributed by atoms with Crippen LogP contribution in [-0.2, 0) is 6.54 Å². The zero-order valence-electron chi connectivity index (χ0n) is 12.7. The van der Waals surface area contributed by atoms with Crippen molar-refractivity contribution >= 4 is 17.5 Å². The van der Waals surface area contributed by atoms with Crippen molar-refractivity contribution in [2.75, 3.05) is 0 Å². The molecule has 0 saturated heterocycles. The molecule has 4 rings (SSSR count). The molecule has 0 spiro atoms. The molecule has 1 saturated carbocycles. The van der Waals surface area contributed by atoms with Crippen molar-refractivity contribution in [1.29, 1.82) is 0 Å². The van der Waals surface area contributed by atoms with Crippen LogP contribution in [0.4, 0.5) is 0 Å². The molecule has 6 nitrogen and oxygen atoms in total. The summed E-state index contributed by atoms with van der Waals surface area (Å²) in [6, 6.07) is 10.7. The Hall–Kier alpha value is -2.60.